The second-order valence-electron chi connectivity index (χ2n) is 4.98. The number of carbonyl (C=O) groups excluding carboxylic acids is 1. The molecular formula is C15H20N4O2. The lowest BCUT2D eigenvalue weighted by Crippen LogP contribution is -2.38. The van der Waals surface area contributed by atoms with Gasteiger partial charge in [-0.1, -0.05) is 18.2 Å². The number of hydrogen-bond donors (Lipinski definition) is 3. The van der Waals surface area contributed by atoms with E-state index in [4.69, 9.17) is 5.11 Å². The molecule has 6 nitrogen and oxygen atoms in total. The lowest BCUT2D eigenvalue weighted by atomic mass is 10.3. The second kappa shape index (κ2) is 6.41. The van der Waals surface area contributed by atoms with E-state index >= 15 is 0 Å². The van der Waals surface area contributed by atoms with Crippen LogP contribution in [0.15, 0.2) is 30.3 Å². The molecule has 0 aliphatic heterocycles. The molecule has 112 valence electrons. The summed E-state index contributed by atoms with van der Waals surface area (Å²) in [5.74, 6) is 0. The maximum atomic E-state index is 11.9. The second-order valence-corrected chi connectivity index (χ2v) is 4.98. The molecule has 1 aromatic carbocycles. The minimum Gasteiger partial charge on any atom is -0.394 e. The molecule has 1 unspecified atom stereocenters. The number of urea groups is 1. The molecule has 0 bridgehead atoms. The Bertz CT molecular complexity index is 622. The van der Waals surface area contributed by atoms with Crippen LogP contribution in [0.3, 0.4) is 0 Å². The van der Waals surface area contributed by atoms with Gasteiger partial charge in [0.1, 0.15) is 0 Å². The molecule has 2 rings (SSSR count). The Labute approximate surface area is 123 Å². The van der Waals surface area contributed by atoms with Crippen molar-refractivity contribution in [1.29, 1.82) is 0 Å². The van der Waals surface area contributed by atoms with Crippen molar-refractivity contribution in [3.05, 3.63) is 41.7 Å². The number of aryl methyl sites for hydroxylation is 1. The third kappa shape index (κ3) is 3.41. The Morgan fingerprint density at radius 1 is 1.33 bits per heavy atom. The van der Waals surface area contributed by atoms with Crippen LogP contribution < -0.4 is 10.6 Å². The highest BCUT2D eigenvalue weighted by Crippen LogP contribution is 2.22. The van der Waals surface area contributed by atoms with Crippen LogP contribution >= 0.6 is 0 Å². The summed E-state index contributed by atoms with van der Waals surface area (Å²) in [6, 6.07) is 9.08. The zero-order chi connectivity index (χ0) is 15.4. The highest BCUT2D eigenvalue weighted by molar-refractivity contribution is 5.90. The summed E-state index contributed by atoms with van der Waals surface area (Å²) in [6.45, 7) is 5.37. The normalized spacial score (nSPS) is 12.0. The van der Waals surface area contributed by atoms with Crippen LogP contribution in [0.1, 0.15) is 18.3 Å². The largest absolute Gasteiger partial charge is 0.394 e. The summed E-state index contributed by atoms with van der Waals surface area (Å²) in [5.41, 5.74) is 3.21. The van der Waals surface area contributed by atoms with E-state index in [2.05, 4.69) is 15.7 Å². The van der Waals surface area contributed by atoms with Gasteiger partial charge in [-0.05, 0) is 32.9 Å². The number of rotatable bonds is 4. The summed E-state index contributed by atoms with van der Waals surface area (Å²) in [4.78, 5) is 11.9. The Morgan fingerprint density at radius 3 is 2.62 bits per heavy atom. The zero-order valence-electron chi connectivity index (χ0n) is 12.4. The molecule has 0 aliphatic carbocycles. The molecule has 0 saturated carbocycles. The quantitative estimate of drug-likeness (QED) is 0.805. The van der Waals surface area contributed by atoms with Gasteiger partial charge in [0, 0.05) is 0 Å². The first-order valence-corrected chi connectivity index (χ1v) is 6.83. The fourth-order valence-electron chi connectivity index (χ4n) is 2.06. The van der Waals surface area contributed by atoms with Crippen LogP contribution in [0.25, 0.3) is 5.69 Å². The molecule has 2 amide bonds. The van der Waals surface area contributed by atoms with Gasteiger partial charge in [0.2, 0.25) is 0 Å². The van der Waals surface area contributed by atoms with Crippen molar-refractivity contribution >= 4 is 11.7 Å². The number of nitrogens with one attached hydrogen (secondary N) is 2. The van der Waals surface area contributed by atoms with E-state index in [9.17, 15) is 4.79 Å². The first-order chi connectivity index (χ1) is 10.0. The maximum absolute atomic E-state index is 11.9. The maximum Gasteiger partial charge on any atom is 0.319 e. The van der Waals surface area contributed by atoms with E-state index in [1.807, 2.05) is 44.2 Å². The lowest BCUT2D eigenvalue weighted by molar-refractivity contribution is 0.229. The van der Waals surface area contributed by atoms with E-state index in [1.165, 1.54) is 0 Å². The summed E-state index contributed by atoms with van der Waals surface area (Å²) >= 11 is 0. The van der Waals surface area contributed by atoms with Gasteiger partial charge in [-0.2, -0.15) is 5.10 Å². The number of amides is 2. The van der Waals surface area contributed by atoms with Crippen molar-refractivity contribution in [3.8, 4) is 5.69 Å². The van der Waals surface area contributed by atoms with Crippen molar-refractivity contribution in [2.75, 3.05) is 11.9 Å². The Hall–Kier alpha value is -2.34. The highest BCUT2D eigenvalue weighted by Gasteiger charge is 2.15. The molecule has 21 heavy (non-hydrogen) atoms. The fraction of sp³-hybridized carbons (Fsp3) is 0.333. The topological polar surface area (TPSA) is 79.2 Å². The summed E-state index contributed by atoms with van der Waals surface area (Å²) in [6.07, 6.45) is 0. The monoisotopic (exact) mass is 288 g/mol. The van der Waals surface area contributed by atoms with Crippen molar-refractivity contribution in [1.82, 2.24) is 15.1 Å². The van der Waals surface area contributed by atoms with E-state index < -0.39 is 0 Å². The van der Waals surface area contributed by atoms with Gasteiger partial charge in [-0.3, -0.25) is 0 Å². The van der Waals surface area contributed by atoms with Crippen LogP contribution in [0.5, 0.6) is 0 Å². The first-order valence-electron chi connectivity index (χ1n) is 6.83. The van der Waals surface area contributed by atoms with Gasteiger partial charge in [0.15, 0.2) is 0 Å². The van der Waals surface area contributed by atoms with Crippen LogP contribution in [0.4, 0.5) is 10.5 Å². The third-order valence-electron chi connectivity index (χ3n) is 3.18. The SMILES string of the molecule is Cc1nn(-c2ccccc2)c(C)c1NC(=O)NC(C)CO. The van der Waals surface area contributed by atoms with Crippen molar-refractivity contribution < 1.29 is 9.90 Å². The summed E-state index contributed by atoms with van der Waals surface area (Å²) in [5, 5.41) is 18.8. The lowest BCUT2D eigenvalue weighted by Gasteiger charge is -2.12. The number of benzene rings is 1. The van der Waals surface area contributed by atoms with Crippen molar-refractivity contribution in [3.63, 3.8) is 0 Å². The molecule has 3 N–H and O–H groups in total. The predicted octanol–water partition coefficient (Wildman–Crippen LogP) is 1.99. The highest BCUT2D eigenvalue weighted by atomic mass is 16.3. The van der Waals surface area contributed by atoms with E-state index in [0.717, 1.165) is 17.1 Å². The third-order valence-corrected chi connectivity index (χ3v) is 3.18. The number of hydrogen-bond acceptors (Lipinski definition) is 3. The Kier molecular flexibility index (Phi) is 4.59. The predicted molar refractivity (Wildman–Crippen MR) is 81.7 cm³/mol. The van der Waals surface area contributed by atoms with E-state index in [0.29, 0.717) is 5.69 Å². The standard InChI is InChI=1S/C15H20N4O2/c1-10(9-20)16-15(21)17-14-11(2)18-19(12(14)3)13-7-5-4-6-8-13/h4-8,10,20H,9H2,1-3H3,(H2,16,17,21). The van der Waals surface area contributed by atoms with Crippen LogP contribution in [0.2, 0.25) is 0 Å². The molecule has 0 saturated heterocycles. The van der Waals surface area contributed by atoms with E-state index in [1.54, 1.807) is 11.6 Å². The molecule has 1 heterocycles. The average molecular weight is 288 g/mol. The van der Waals surface area contributed by atoms with Crippen molar-refractivity contribution in [2.45, 2.75) is 26.8 Å². The number of anilines is 1. The zero-order valence-corrected chi connectivity index (χ0v) is 12.4. The summed E-state index contributed by atoms with van der Waals surface area (Å²) < 4.78 is 1.79. The van der Waals surface area contributed by atoms with Gasteiger partial charge in [-0.15, -0.1) is 0 Å². The van der Waals surface area contributed by atoms with Gasteiger partial charge in [0.25, 0.3) is 0 Å². The molecule has 6 heteroatoms. The number of aliphatic hydroxyl groups is 1. The average Bonchev–Trinajstić information content (AvgIpc) is 2.76. The smallest absolute Gasteiger partial charge is 0.319 e. The molecule has 1 aromatic heterocycles. The fourth-order valence-corrected chi connectivity index (χ4v) is 2.06. The number of para-hydroxylation sites is 1. The number of carbonyl (C=O) groups is 1. The molecular weight excluding hydrogens is 268 g/mol. The van der Waals surface area contributed by atoms with Gasteiger partial charge >= 0.3 is 6.03 Å². The number of nitrogens with zero attached hydrogens (tertiary/aromatic N) is 2. The van der Waals surface area contributed by atoms with E-state index in [-0.39, 0.29) is 18.7 Å². The molecule has 0 fully saturated rings. The minimum absolute atomic E-state index is 0.103. The molecule has 2 aromatic rings. The Balaban J connectivity index is 2.22. The van der Waals surface area contributed by atoms with Gasteiger partial charge in [-0.25, -0.2) is 9.48 Å². The van der Waals surface area contributed by atoms with Gasteiger partial charge in [0.05, 0.1) is 35.4 Å². The van der Waals surface area contributed by atoms with Gasteiger partial charge < -0.3 is 15.7 Å². The number of aromatic nitrogens is 2. The minimum atomic E-state index is -0.352. The number of aliphatic hydroxyl groups excluding tert-OH is 1. The first kappa shape index (κ1) is 15.1. The molecule has 1 atom stereocenters. The molecule has 0 aliphatic rings. The van der Waals surface area contributed by atoms with Crippen LogP contribution in [0, 0.1) is 13.8 Å². The Morgan fingerprint density at radius 2 is 2.00 bits per heavy atom. The van der Waals surface area contributed by atoms with Crippen LogP contribution in [-0.4, -0.2) is 33.6 Å². The van der Waals surface area contributed by atoms with Crippen LogP contribution in [-0.2, 0) is 0 Å². The van der Waals surface area contributed by atoms with Crippen molar-refractivity contribution in [2.24, 2.45) is 0 Å². The summed E-state index contributed by atoms with van der Waals surface area (Å²) in [7, 11) is 0. The molecule has 0 spiro atoms. The molecule has 0 radical (unpaired) electrons.